The molecule has 2 amide bonds. The lowest BCUT2D eigenvalue weighted by Gasteiger charge is -2.41. The normalized spacial score (nSPS) is 21.0. The third-order valence-electron chi connectivity index (χ3n) is 4.54. The summed E-state index contributed by atoms with van der Waals surface area (Å²) in [6, 6.07) is 7.97. The van der Waals surface area contributed by atoms with E-state index in [2.05, 4.69) is 4.90 Å². The summed E-state index contributed by atoms with van der Waals surface area (Å²) in [5.74, 6) is 0.810. The molecule has 1 atom stereocenters. The molecule has 2 aliphatic heterocycles. The highest BCUT2D eigenvalue weighted by molar-refractivity contribution is 5.83. The molecule has 3 rings (SSSR count). The van der Waals surface area contributed by atoms with Crippen LogP contribution in [-0.2, 0) is 9.53 Å². The van der Waals surface area contributed by atoms with Gasteiger partial charge in [-0.2, -0.15) is 0 Å². The van der Waals surface area contributed by atoms with Crippen LogP contribution >= 0.6 is 0 Å². The van der Waals surface area contributed by atoms with Crippen LogP contribution in [0.2, 0.25) is 0 Å². The Kier molecular flexibility index (Phi) is 4.78. The molecule has 2 fully saturated rings. The molecule has 0 saturated carbocycles. The Morgan fingerprint density at radius 3 is 2.75 bits per heavy atom. The number of rotatable bonds is 4. The van der Waals surface area contributed by atoms with Crippen molar-refractivity contribution < 1.29 is 19.1 Å². The number of carbonyl (C=O) groups excluding carboxylic acids is 2. The molecule has 0 aliphatic carbocycles. The van der Waals surface area contributed by atoms with Crippen LogP contribution in [0.25, 0.3) is 0 Å². The van der Waals surface area contributed by atoms with Crippen molar-refractivity contribution in [2.75, 3.05) is 51.3 Å². The average Bonchev–Trinajstić information content (AvgIpc) is 2.99. The van der Waals surface area contributed by atoms with Crippen molar-refractivity contribution >= 4 is 17.7 Å². The van der Waals surface area contributed by atoms with Crippen molar-refractivity contribution in [3.8, 4) is 5.75 Å². The number of methoxy groups -OCH3 is 1. The molecule has 7 nitrogen and oxygen atoms in total. The van der Waals surface area contributed by atoms with E-state index in [1.165, 1.54) is 4.90 Å². The van der Waals surface area contributed by atoms with Gasteiger partial charge in [-0.05, 0) is 19.1 Å². The van der Waals surface area contributed by atoms with Gasteiger partial charge in [0.1, 0.15) is 18.9 Å². The van der Waals surface area contributed by atoms with Crippen LogP contribution in [0.15, 0.2) is 24.3 Å². The second kappa shape index (κ2) is 6.98. The topological polar surface area (TPSA) is 62.3 Å². The lowest BCUT2D eigenvalue weighted by molar-refractivity contribution is -0.134. The summed E-state index contributed by atoms with van der Waals surface area (Å²) < 4.78 is 10.3. The van der Waals surface area contributed by atoms with E-state index in [-0.39, 0.29) is 18.5 Å². The Labute approximate surface area is 141 Å². The van der Waals surface area contributed by atoms with E-state index in [0.29, 0.717) is 19.7 Å². The van der Waals surface area contributed by atoms with E-state index in [9.17, 15) is 9.59 Å². The molecule has 1 aromatic rings. The number of para-hydroxylation sites is 2. The van der Waals surface area contributed by atoms with Gasteiger partial charge in [-0.1, -0.05) is 12.1 Å². The minimum absolute atomic E-state index is 0.0268. The quantitative estimate of drug-likeness (QED) is 0.828. The number of nitrogens with zero attached hydrogens (tertiary/aromatic N) is 3. The molecule has 0 N–H and O–H groups in total. The van der Waals surface area contributed by atoms with Crippen molar-refractivity contribution in [1.29, 1.82) is 0 Å². The number of anilines is 1. The molecule has 2 saturated heterocycles. The third-order valence-corrected chi connectivity index (χ3v) is 4.54. The van der Waals surface area contributed by atoms with Gasteiger partial charge < -0.3 is 19.3 Å². The summed E-state index contributed by atoms with van der Waals surface area (Å²) in [4.78, 5) is 29.5. The molecule has 24 heavy (non-hydrogen) atoms. The molecule has 7 heteroatoms. The number of cyclic esters (lactones) is 1. The molecule has 130 valence electrons. The summed E-state index contributed by atoms with van der Waals surface area (Å²) >= 11 is 0. The Morgan fingerprint density at radius 2 is 2.08 bits per heavy atom. The minimum Gasteiger partial charge on any atom is -0.495 e. The van der Waals surface area contributed by atoms with Crippen LogP contribution in [0, 0.1) is 0 Å². The predicted molar refractivity (Wildman–Crippen MR) is 89.3 cm³/mol. The monoisotopic (exact) mass is 333 g/mol. The minimum atomic E-state index is -0.399. The van der Waals surface area contributed by atoms with Gasteiger partial charge in [-0.15, -0.1) is 0 Å². The third kappa shape index (κ3) is 3.25. The number of piperazine rings is 1. The van der Waals surface area contributed by atoms with Crippen molar-refractivity contribution in [3.63, 3.8) is 0 Å². The SMILES string of the molecule is COc1ccccc1N1CCN(C(=O)CN2CCOC2=O)[C@@H](C)C1. The maximum absolute atomic E-state index is 12.5. The fourth-order valence-electron chi connectivity index (χ4n) is 3.26. The van der Waals surface area contributed by atoms with Gasteiger partial charge in [-0.25, -0.2) is 4.79 Å². The highest BCUT2D eigenvalue weighted by atomic mass is 16.6. The number of carbonyl (C=O) groups is 2. The van der Waals surface area contributed by atoms with Gasteiger partial charge in [0.15, 0.2) is 0 Å². The van der Waals surface area contributed by atoms with Crippen molar-refractivity contribution in [1.82, 2.24) is 9.80 Å². The highest BCUT2D eigenvalue weighted by Gasteiger charge is 2.31. The van der Waals surface area contributed by atoms with Gasteiger partial charge in [0.2, 0.25) is 5.91 Å². The number of benzene rings is 1. The van der Waals surface area contributed by atoms with Gasteiger partial charge in [0.25, 0.3) is 0 Å². The summed E-state index contributed by atoms with van der Waals surface area (Å²) in [5.41, 5.74) is 1.04. The Morgan fingerprint density at radius 1 is 1.29 bits per heavy atom. The second-order valence-corrected chi connectivity index (χ2v) is 6.09. The smallest absolute Gasteiger partial charge is 0.410 e. The highest BCUT2D eigenvalue weighted by Crippen LogP contribution is 2.29. The summed E-state index contributed by atoms with van der Waals surface area (Å²) in [6.07, 6.45) is -0.399. The van der Waals surface area contributed by atoms with Crippen molar-refractivity contribution in [3.05, 3.63) is 24.3 Å². The van der Waals surface area contributed by atoms with Crippen LogP contribution in [0.1, 0.15) is 6.92 Å². The molecular weight excluding hydrogens is 310 g/mol. The van der Waals surface area contributed by atoms with Gasteiger partial charge >= 0.3 is 6.09 Å². The van der Waals surface area contributed by atoms with E-state index < -0.39 is 6.09 Å². The second-order valence-electron chi connectivity index (χ2n) is 6.09. The molecule has 0 spiro atoms. The van der Waals surface area contributed by atoms with Crippen LogP contribution in [-0.4, -0.2) is 74.3 Å². The van der Waals surface area contributed by atoms with E-state index >= 15 is 0 Å². The van der Waals surface area contributed by atoms with Crippen molar-refractivity contribution in [2.45, 2.75) is 13.0 Å². The van der Waals surface area contributed by atoms with Crippen molar-refractivity contribution in [2.24, 2.45) is 0 Å². The first-order chi connectivity index (χ1) is 11.6. The largest absolute Gasteiger partial charge is 0.495 e. The zero-order chi connectivity index (χ0) is 17.1. The van der Waals surface area contributed by atoms with Crippen LogP contribution in [0.3, 0.4) is 0 Å². The van der Waals surface area contributed by atoms with Gasteiger partial charge in [0, 0.05) is 25.7 Å². The van der Waals surface area contributed by atoms with E-state index in [0.717, 1.165) is 24.5 Å². The summed E-state index contributed by atoms with van der Waals surface area (Å²) in [6.45, 7) is 5.07. The number of ether oxygens (including phenoxy) is 2. The van der Waals surface area contributed by atoms with E-state index in [1.54, 1.807) is 7.11 Å². The first-order valence-corrected chi connectivity index (χ1v) is 8.19. The zero-order valence-electron chi connectivity index (χ0n) is 14.1. The summed E-state index contributed by atoms with van der Waals surface area (Å²) in [5, 5.41) is 0. The Bertz CT molecular complexity index is 622. The molecule has 0 unspecified atom stereocenters. The fourth-order valence-corrected chi connectivity index (χ4v) is 3.26. The fraction of sp³-hybridized carbons (Fsp3) is 0.529. The first kappa shape index (κ1) is 16.4. The Balaban J connectivity index is 1.62. The van der Waals surface area contributed by atoms with E-state index in [1.807, 2.05) is 36.1 Å². The number of hydrogen-bond donors (Lipinski definition) is 0. The van der Waals surface area contributed by atoms with E-state index in [4.69, 9.17) is 9.47 Å². The Hall–Kier alpha value is -2.44. The molecule has 0 radical (unpaired) electrons. The summed E-state index contributed by atoms with van der Waals surface area (Å²) in [7, 11) is 1.66. The average molecular weight is 333 g/mol. The molecular formula is C17H23N3O4. The molecule has 2 aliphatic rings. The molecule has 2 heterocycles. The standard InChI is InChI=1S/C17H23N3O4/c1-13-11-18(14-5-3-4-6-15(14)23-2)7-8-20(13)16(21)12-19-9-10-24-17(19)22/h3-6,13H,7-12H2,1-2H3/t13-/m0/s1. The maximum Gasteiger partial charge on any atom is 0.410 e. The lowest BCUT2D eigenvalue weighted by Crippen LogP contribution is -2.56. The number of hydrogen-bond acceptors (Lipinski definition) is 5. The van der Waals surface area contributed by atoms with Crippen LogP contribution in [0.5, 0.6) is 5.75 Å². The number of amides is 2. The lowest BCUT2D eigenvalue weighted by atomic mass is 10.1. The maximum atomic E-state index is 12.5. The van der Waals surface area contributed by atoms with Crippen LogP contribution < -0.4 is 9.64 Å². The molecule has 1 aromatic carbocycles. The molecule has 0 bridgehead atoms. The van der Waals surface area contributed by atoms with Crippen LogP contribution in [0.4, 0.5) is 10.5 Å². The van der Waals surface area contributed by atoms with Gasteiger partial charge in [0.05, 0.1) is 19.3 Å². The molecule has 0 aromatic heterocycles. The first-order valence-electron chi connectivity index (χ1n) is 8.19. The zero-order valence-corrected chi connectivity index (χ0v) is 14.1. The van der Waals surface area contributed by atoms with Gasteiger partial charge in [-0.3, -0.25) is 9.69 Å². The predicted octanol–water partition coefficient (Wildman–Crippen LogP) is 1.18.